The molecule has 2 aromatic rings. The molecular formula is C18H19FN2O3. The molecule has 0 spiro atoms. The lowest BCUT2D eigenvalue weighted by molar-refractivity contribution is -0.114. The fraction of sp³-hybridized carbons (Fsp3) is 0.222. The summed E-state index contributed by atoms with van der Waals surface area (Å²) in [5.74, 6) is -0.791. The smallest absolute Gasteiger partial charge is 0.221 e. The van der Waals surface area contributed by atoms with E-state index < -0.39 is 12.0 Å². The van der Waals surface area contributed by atoms with Gasteiger partial charge < -0.3 is 15.8 Å². The minimum atomic E-state index is -0.638. The third-order valence-corrected chi connectivity index (χ3v) is 3.31. The maximum atomic E-state index is 12.8. The van der Waals surface area contributed by atoms with E-state index in [0.29, 0.717) is 17.7 Å². The average Bonchev–Trinajstić information content (AvgIpc) is 2.54. The van der Waals surface area contributed by atoms with Crippen molar-refractivity contribution in [3.05, 3.63) is 65.5 Å². The molecule has 1 amide bonds. The highest BCUT2D eigenvalue weighted by Gasteiger charge is 2.10. The van der Waals surface area contributed by atoms with Gasteiger partial charge in [0.25, 0.3) is 0 Å². The van der Waals surface area contributed by atoms with Crippen LogP contribution in [0.4, 0.5) is 10.1 Å². The first-order chi connectivity index (χ1) is 11.4. The van der Waals surface area contributed by atoms with Gasteiger partial charge in [0, 0.05) is 24.6 Å². The molecule has 0 saturated carbocycles. The lowest BCUT2D eigenvalue weighted by Crippen LogP contribution is -2.29. The number of nitrogens with two attached hydrogens (primary N) is 1. The van der Waals surface area contributed by atoms with Crippen LogP contribution in [0.25, 0.3) is 0 Å². The van der Waals surface area contributed by atoms with E-state index in [2.05, 4.69) is 5.32 Å². The number of hydrogen-bond acceptors (Lipinski definition) is 4. The number of nitrogens with one attached hydrogen (secondary N) is 1. The molecule has 0 aromatic heterocycles. The number of amides is 1. The molecule has 0 fully saturated rings. The van der Waals surface area contributed by atoms with Crippen molar-refractivity contribution < 1.29 is 18.7 Å². The maximum absolute atomic E-state index is 12.8. The number of benzene rings is 2. The Morgan fingerprint density at radius 3 is 2.33 bits per heavy atom. The zero-order valence-corrected chi connectivity index (χ0v) is 13.3. The molecule has 5 nitrogen and oxygen atoms in total. The van der Waals surface area contributed by atoms with E-state index >= 15 is 0 Å². The number of hydrogen-bond donors (Lipinski definition) is 2. The fourth-order valence-electron chi connectivity index (χ4n) is 2.12. The normalized spacial score (nSPS) is 11.8. The van der Waals surface area contributed by atoms with Crippen LogP contribution in [0.5, 0.6) is 0 Å². The van der Waals surface area contributed by atoms with Crippen molar-refractivity contribution in [2.24, 2.45) is 5.73 Å². The number of halogens is 1. The molecule has 126 valence electrons. The second kappa shape index (κ2) is 8.33. The summed E-state index contributed by atoms with van der Waals surface area (Å²) in [6.45, 7) is 1.27. The van der Waals surface area contributed by atoms with Gasteiger partial charge in [0.05, 0.1) is 0 Å². The lowest BCUT2D eigenvalue weighted by atomic mass is 10.1. The number of rotatable bonds is 7. The summed E-state index contributed by atoms with van der Waals surface area (Å²) in [4.78, 5) is 22.9. The SMILES string of the molecule is CC(=O)Nc1ccc(CC(N)OCC(=O)c2ccc(F)cc2)cc1. The van der Waals surface area contributed by atoms with Crippen LogP contribution in [0.15, 0.2) is 48.5 Å². The van der Waals surface area contributed by atoms with Crippen LogP contribution >= 0.6 is 0 Å². The topological polar surface area (TPSA) is 81.4 Å². The van der Waals surface area contributed by atoms with Gasteiger partial charge in [-0.3, -0.25) is 9.59 Å². The zero-order valence-electron chi connectivity index (χ0n) is 13.3. The predicted octanol–water partition coefficient (Wildman–Crippen LogP) is 2.51. The van der Waals surface area contributed by atoms with Gasteiger partial charge in [-0.15, -0.1) is 0 Å². The molecule has 0 radical (unpaired) electrons. The molecule has 0 aliphatic heterocycles. The quantitative estimate of drug-likeness (QED) is 0.604. The molecule has 1 unspecified atom stereocenters. The predicted molar refractivity (Wildman–Crippen MR) is 89.1 cm³/mol. The first-order valence-electron chi connectivity index (χ1n) is 7.46. The highest BCUT2D eigenvalue weighted by molar-refractivity contribution is 5.97. The average molecular weight is 330 g/mol. The van der Waals surface area contributed by atoms with Gasteiger partial charge in [-0.05, 0) is 42.0 Å². The fourth-order valence-corrected chi connectivity index (χ4v) is 2.12. The van der Waals surface area contributed by atoms with Gasteiger partial charge in [0.2, 0.25) is 5.91 Å². The molecule has 24 heavy (non-hydrogen) atoms. The maximum Gasteiger partial charge on any atom is 0.221 e. The van der Waals surface area contributed by atoms with Gasteiger partial charge in [-0.2, -0.15) is 0 Å². The van der Waals surface area contributed by atoms with E-state index in [1.807, 2.05) is 12.1 Å². The summed E-state index contributed by atoms with van der Waals surface area (Å²) in [5, 5.41) is 2.67. The van der Waals surface area contributed by atoms with Crippen molar-refractivity contribution in [1.29, 1.82) is 0 Å². The Kier molecular flexibility index (Phi) is 6.17. The zero-order chi connectivity index (χ0) is 17.5. The van der Waals surface area contributed by atoms with Crippen molar-refractivity contribution >= 4 is 17.4 Å². The first-order valence-corrected chi connectivity index (χ1v) is 7.46. The number of anilines is 1. The molecule has 0 aliphatic rings. The number of ether oxygens (including phenoxy) is 1. The summed E-state index contributed by atoms with van der Waals surface area (Å²) in [5.41, 5.74) is 7.87. The first kappa shape index (κ1) is 17.8. The van der Waals surface area contributed by atoms with Crippen molar-refractivity contribution in [1.82, 2.24) is 0 Å². The lowest BCUT2D eigenvalue weighted by Gasteiger charge is -2.13. The van der Waals surface area contributed by atoms with E-state index in [-0.39, 0.29) is 18.3 Å². The summed E-state index contributed by atoms with van der Waals surface area (Å²) in [7, 11) is 0. The second-order valence-corrected chi connectivity index (χ2v) is 5.36. The molecule has 0 aliphatic carbocycles. The monoisotopic (exact) mass is 330 g/mol. The Bertz CT molecular complexity index is 699. The molecule has 6 heteroatoms. The third-order valence-electron chi connectivity index (χ3n) is 3.31. The molecule has 0 heterocycles. The van der Waals surface area contributed by atoms with Crippen molar-refractivity contribution in [2.75, 3.05) is 11.9 Å². The Hall–Kier alpha value is -2.57. The number of carbonyl (C=O) groups is 2. The van der Waals surface area contributed by atoms with Crippen LogP contribution in [0.2, 0.25) is 0 Å². The van der Waals surface area contributed by atoms with Crippen LogP contribution in [-0.2, 0) is 16.0 Å². The van der Waals surface area contributed by atoms with Crippen LogP contribution in [0, 0.1) is 5.82 Å². The van der Waals surface area contributed by atoms with Gasteiger partial charge in [-0.25, -0.2) is 4.39 Å². The Balaban J connectivity index is 1.82. The molecule has 2 rings (SSSR count). The van der Waals surface area contributed by atoms with Crippen LogP contribution in [0.3, 0.4) is 0 Å². The number of ketones is 1. The van der Waals surface area contributed by atoms with Gasteiger partial charge in [0.1, 0.15) is 18.7 Å². The van der Waals surface area contributed by atoms with E-state index in [4.69, 9.17) is 10.5 Å². The van der Waals surface area contributed by atoms with Crippen LogP contribution < -0.4 is 11.1 Å². The van der Waals surface area contributed by atoms with Gasteiger partial charge in [-0.1, -0.05) is 12.1 Å². The minimum Gasteiger partial charge on any atom is -0.355 e. The molecule has 0 bridgehead atoms. The van der Waals surface area contributed by atoms with E-state index in [9.17, 15) is 14.0 Å². The number of Topliss-reactive ketones (excluding diaryl/α,β-unsaturated/α-hetero) is 1. The highest BCUT2D eigenvalue weighted by Crippen LogP contribution is 2.11. The van der Waals surface area contributed by atoms with E-state index in [1.165, 1.54) is 31.2 Å². The third kappa shape index (κ3) is 5.57. The van der Waals surface area contributed by atoms with Gasteiger partial charge in [0.15, 0.2) is 5.78 Å². The molecular weight excluding hydrogens is 311 g/mol. The summed E-state index contributed by atoms with van der Waals surface area (Å²) in [6.07, 6.45) is -0.210. The summed E-state index contributed by atoms with van der Waals surface area (Å²) < 4.78 is 18.2. The minimum absolute atomic E-state index is 0.137. The standard InChI is InChI=1S/C18H19FN2O3/c1-12(22)21-16-8-2-13(3-9-16)10-18(20)24-11-17(23)14-4-6-15(19)7-5-14/h2-9,18H,10-11,20H2,1H3,(H,21,22). The second-order valence-electron chi connectivity index (χ2n) is 5.36. The van der Waals surface area contributed by atoms with Gasteiger partial charge >= 0.3 is 0 Å². The summed E-state index contributed by atoms with van der Waals surface area (Å²) in [6, 6.07) is 12.5. The largest absolute Gasteiger partial charge is 0.355 e. The van der Waals surface area contributed by atoms with Crippen LogP contribution in [0.1, 0.15) is 22.8 Å². The summed E-state index contributed by atoms with van der Waals surface area (Å²) >= 11 is 0. The van der Waals surface area contributed by atoms with E-state index in [0.717, 1.165) is 5.56 Å². The Morgan fingerprint density at radius 1 is 1.12 bits per heavy atom. The van der Waals surface area contributed by atoms with Crippen molar-refractivity contribution in [3.8, 4) is 0 Å². The van der Waals surface area contributed by atoms with Crippen molar-refractivity contribution in [3.63, 3.8) is 0 Å². The Morgan fingerprint density at radius 2 is 1.75 bits per heavy atom. The molecule has 2 aromatic carbocycles. The molecule has 0 saturated heterocycles. The molecule has 3 N–H and O–H groups in total. The highest BCUT2D eigenvalue weighted by atomic mass is 19.1. The van der Waals surface area contributed by atoms with E-state index in [1.54, 1.807) is 12.1 Å². The number of carbonyl (C=O) groups excluding carboxylic acids is 2. The van der Waals surface area contributed by atoms with Crippen molar-refractivity contribution in [2.45, 2.75) is 19.6 Å². The Labute approximate surface area is 139 Å². The molecule has 1 atom stereocenters. The van der Waals surface area contributed by atoms with Crippen LogP contribution in [-0.4, -0.2) is 24.5 Å².